The molecule has 2 bridgehead atoms. The first-order valence-electron chi connectivity index (χ1n) is 8.40. The van der Waals surface area contributed by atoms with Crippen LogP contribution in [0.1, 0.15) is 19.3 Å². The number of imide groups is 1. The molecule has 1 aliphatic carbocycles. The number of nitrogens with zero attached hydrogens (tertiary/aromatic N) is 3. The summed E-state index contributed by atoms with van der Waals surface area (Å²) in [5.41, 5.74) is 0.406. The van der Waals surface area contributed by atoms with Gasteiger partial charge in [-0.2, -0.15) is 0 Å². The molecule has 3 amide bonds. The molecule has 3 atom stereocenters. The van der Waals surface area contributed by atoms with Gasteiger partial charge in [-0.05, 0) is 37.3 Å². The molecule has 0 N–H and O–H groups in total. The number of nitro groups is 1. The molecule has 2 aromatic carbocycles. The molecule has 5 rings (SSSR count). The van der Waals surface area contributed by atoms with Crippen molar-refractivity contribution in [3.05, 3.63) is 46.5 Å². The predicted octanol–water partition coefficient (Wildman–Crippen LogP) is 3.07. The second-order valence-corrected chi connectivity index (χ2v) is 6.94. The number of benzene rings is 2. The second kappa shape index (κ2) is 4.78. The van der Waals surface area contributed by atoms with E-state index in [4.69, 9.17) is 0 Å². The number of non-ortho nitro benzene ring substituents is 1. The van der Waals surface area contributed by atoms with Gasteiger partial charge in [0.15, 0.2) is 0 Å². The maximum absolute atomic E-state index is 13.0. The maximum atomic E-state index is 13.0. The standard InChI is InChI=1S/C18H15N3O4/c22-17-16-10-5-6-11(9-10)19(16)18(23)20(17)14-7-8-15(21(24)25)13-4-2-1-3-12(13)14/h1-4,7-8,10-11,16H,5-6,9H2/t10?,11?,16-/m1/s1. The van der Waals surface area contributed by atoms with Crippen LogP contribution in [0.4, 0.5) is 16.2 Å². The second-order valence-electron chi connectivity index (χ2n) is 6.94. The number of hydrogen-bond donors (Lipinski definition) is 0. The molecule has 7 heteroatoms. The number of carbonyl (C=O) groups excluding carboxylic acids is 2. The van der Waals surface area contributed by atoms with Gasteiger partial charge in [0.25, 0.3) is 11.6 Å². The summed E-state index contributed by atoms with van der Waals surface area (Å²) < 4.78 is 0. The highest BCUT2D eigenvalue weighted by atomic mass is 16.6. The Morgan fingerprint density at radius 3 is 2.52 bits per heavy atom. The van der Waals surface area contributed by atoms with E-state index >= 15 is 0 Å². The fraction of sp³-hybridized carbons (Fsp3) is 0.333. The summed E-state index contributed by atoms with van der Waals surface area (Å²) in [6, 6.07) is 9.22. The van der Waals surface area contributed by atoms with Gasteiger partial charge in [0.1, 0.15) is 6.04 Å². The SMILES string of the molecule is O=C1[C@H]2C3CCC(C3)N2C(=O)N1c1ccc([N+](=O)[O-])c2ccccc12. The van der Waals surface area contributed by atoms with E-state index in [1.54, 1.807) is 29.2 Å². The van der Waals surface area contributed by atoms with Gasteiger partial charge in [0.2, 0.25) is 0 Å². The number of fused-ring (bicyclic) bond motifs is 6. The Hall–Kier alpha value is -2.96. The molecule has 2 heterocycles. The Labute approximate surface area is 143 Å². The minimum absolute atomic E-state index is 0.0287. The third-order valence-corrected chi connectivity index (χ3v) is 5.79. The van der Waals surface area contributed by atoms with Crippen molar-refractivity contribution in [2.45, 2.75) is 31.3 Å². The van der Waals surface area contributed by atoms with Gasteiger partial charge in [-0.15, -0.1) is 0 Å². The maximum Gasteiger partial charge on any atom is 0.332 e. The van der Waals surface area contributed by atoms with Crippen LogP contribution in [0.3, 0.4) is 0 Å². The van der Waals surface area contributed by atoms with Crippen molar-refractivity contribution < 1.29 is 14.5 Å². The van der Waals surface area contributed by atoms with Crippen molar-refractivity contribution in [3.8, 4) is 0 Å². The summed E-state index contributed by atoms with van der Waals surface area (Å²) in [7, 11) is 0. The van der Waals surface area contributed by atoms with Gasteiger partial charge >= 0.3 is 6.03 Å². The molecule has 0 aromatic heterocycles. The van der Waals surface area contributed by atoms with Crippen LogP contribution in [-0.4, -0.2) is 33.8 Å². The number of amides is 3. The summed E-state index contributed by atoms with van der Waals surface area (Å²) in [6.07, 6.45) is 2.85. The van der Waals surface area contributed by atoms with E-state index in [9.17, 15) is 19.7 Å². The van der Waals surface area contributed by atoms with Crippen LogP contribution in [0.15, 0.2) is 36.4 Å². The van der Waals surface area contributed by atoms with Crippen LogP contribution in [0.25, 0.3) is 10.8 Å². The van der Waals surface area contributed by atoms with Crippen LogP contribution in [-0.2, 0) is 4.79 Å². The molecule has 2 aliphatic heterocycles. The Morgan fingerprint density at radius 2 is 1.80 bits per heavy atom. The van der Waals surface area contributed by atoms with E-state index in [0.29, 0.717) is 16.5 Å². The van der Waals surface area contributed by atoms with Crippen LogP contribution >= 0.6 is 0 Å². The summed E-state index contributed by atoms with van der Waals surface area (Å²) in [5, 5.41) is 12.3. The highest BCUT2D eigenvalue weighted by Crippen LogP contribution is 2.48. The Balaban J connectivity index is 1.67. The molecule has 3 fully saturated rings. The molecule has 2 unspecified atom stereocenters. The van der Waals surface area contributed by atoms with E-state index in [2.05, 4.69) is 0 Å². The molecular formula is C18H15N3O4. The zero-order chi connectivity index (χ0) is 17.3. The largest absolute Gasteiger partial charge is 0.332 e. The summed E-state index contributed by atoms with van der Waals surface area (Å²) >= 11 is 0. The Kier molecular flexibility index (Phi) is 2.75. The predicted molar refractivity (Wildman–Crippen MR) is 90.2 cm³/mol. The minimum atomic E-state index is -0.446. The molecule has 25 heavy (non-hydrogen) atoms. The molecular weight excluding hydrogens is 322 g/mol. The number of nitro benzene ring substituents is 1. The topological polar surface area (TPSA) is 83.8 Å². The highest BCUT2D eigenvalue weighted by molar-refractivity contribution is 6.25. The third-order valence-electron chi connectivity index (χ3n) is 5.79. The lowest BCUT2D eigenvalue weighted by Gasteiger charge is -2.25. The van der Waals surface area contributed by atoms with Gasteiger partial charge in [0.05, 0.1) is 16.0 Å². The van der Waals surface area contributed by atoms with Crippen molar-refractivity contribution in [1.29, 1.82) is 0 Å². The van der Waals surface area contributed by atoms with Gasteiger partial charge in [-0.3, -0.25) is 14.9 Å². The first-order chi connectivity index (χ1) is 12.1. The van der Waals surface area contributed by atoms with E-state index < -0.39 is 4.92 Å². The van der Waals surface area contributed by atoms with Gasteiger partial charge < -0.3 is 4.90 Å². The first kappa shape index (κ1) is 14.4. The lowest BCUT2D eigenvalue weighted by molar-refractivity contribution is -0.383. The van der Waals surface area contributed by atoms with Crippen molar-refractivity contribution in [3.63, 3.8) is 0 Å². The molecule has 0 radical (unpaired) electrons. The smallest absolute Gasteiger partial charge is 0.309 e. The molecule has 0 spiro atoms. The zero-order valence-corrected chi connectivity index (χ0v) is 13.3. The van der Waals surface area contributed by atoms with Gasteiger partial charge in [0, 0.05) is 17.5 Å². The quantitative estimate of drug-likeness (QED) is 0.479. The number of piperidine rings is 1. The van der Waals surface area contributed by atoms with Crippen LogP contribution in [0.5, 0.6) is 0 Å². The highest BCUT2D eigenvalue weighted by Gasteiger charge is 2.59. The molecule has 2 aromatic rings. The fourth-order valence-electron chi connectivity index (χ4n) is 4.77. The average Bonchev–Trinajstić information content (AvgIpc) is 3.28. The van der Waals surface area contributed by atoms with Gasteiger partial charge in [-0.1, -0.05) is 18.2 Å². The number of carbonyl (C=O) groups is 2. The molecule has 126 valence electrons. The Bertz CT molecular complexity index is 928. The van der Waals surface area contributed by atoms with Crippen LogP contribution < -0.4 is 4.90 Å². The number of rotatable bonds is 2. The molecule has 3 aliphatic rings. The summed E-state index contributed by atoms with van der Waals surface area (Å²) in [5.74, 6) is 0.0481. The van der Waals surface area contributed by atoms with E-state index in [1.807, 2.05) is 0 Å². The lowest BCUT2D eigenvalue weighted by atomic mass is 9.99. The van der Waals surface area contributed by atoms with E-state index in [-0.39, 0.29) is 35.6 Å². The lowest BCUT2D eigenvalue weighted by Crippen LogP contribution is -2.40. The summed E-state index contributed by atoms with van der Waals surface area (Å²) in [4.78, 5) is 39.7. The Morgan fingerprint density at radius 1 is 1.04 bits per heavy atom. The number of hydrogen-bond acceptors (Lipinski definition) is 4. The van der Waals surface area contributed by atoms with Crippen molar-refractivity contribution in [1.82, 2.24) is 4.90 Å². The van der Waals surface area contributed by atoms with Crippen molar-refractivity contribution in [2.75, 3.05) is 4.90 Å². The molecule has 7 nitrogen and oxygen atoms in total. The number of anilines is 1. The van der Waals surface area contributed by atoms with Crippen LogP contribution in [0.2, 0.25) is 0 Å². The van der Waals surface area contributed by atoms with Gasteiger partial charge in [-0.25, -0.2) is 9.69 Å². The summed E-state index contributed by atoms with van der Waals surface area (Å²) in [6.45, 7) is 0. The first-order valence-corrected chi connectivity index (χ1v) is 8.40. The average molecular weight is 337 g/mol. The van der Waals surface area contributed by atoms with Crippen molar-refractivity contribution in [2.24, 2.45) is 5.92 Å². The van der Waals surface area contributed by atoms with Crippen LogP contribution in [0, 0.1) is 16.0 Å². The normalized spacial score (nSPS) is 27.4. The fourth-order valence-corrected chi connectivity index (χ4v) is 4.77. The minimum Gasteiger partial charge on any atom is -0.309 e. The molecule has 1 saturated carbocycles. The molecule has 2 saturated heterocycles. The number of urea groups is 1. The van der Waals surface area contributed by atoms with E-state index in [0.717, 1.165) is 19.3 Å². The van der Waals surface area contributed by atoms with E-state index in [1.165, 1.54) is 17.0 Å². The van der Waals surface area contributed by atoms with Crippen molar-refractivity contribution >= 4 is 34.1 Å². The zero-order valence-electron chi connectivity index (χ0n) is 13.3. The third kappa shape index (κ3) is 1.75. The monoisotopic (exact) mass is 337 g/mol.